The van der Waals surface area contributed by atoms with Crippen LogP contribution in [0.15, 0.2) is 35.9 Å². The van der Waals surface area contributed by atoms with Gasteiger partial charge in [0, 0.05) is 19.6 Å². The predicted octanol–water partition coefficient (Wildman–Crippen LogP) is 2.71. The molecule has 2 nitrogen and oxygen atoms in total. The van der Waals surface area contributed by atoms with E-state index in [1.165, 1.54) is 11.1 Å². The van der Waals surface area contributed by atoms with Gasteiger partial charge in [-0.3, -0.25) is 4.90 Å². The summed E-state index contributed by atoms with van der Waals surface area (Å²) in [4.78, 5) is 2.41. The maximum Gasteiger partial charge on any atom is 0.0991 e. The molecule has 1 heterocycles. The average Bonchev–Trinajstić information content (AvgIpc) is 2.32. The van der Waals surface area contributed by atoms with E-state index >= 15 is 0 Å². The molecule has 1 aliphatic heterocycles. The second-order valence-corrected chi connectivity index (χ2v) is 4.35. The van der Waals surface area contributed by atoms with Crippen molar-refractivity contribution in [1.29, 1.82) is 5.26 Å². The Labute approximate surface area is 96.8 Å². The third-order valence-corrected chi connectivity index (χ3v) is 2.98. The molecule has 0 aliphatic carbocycles. The zero-order valence-corrected chi connectivity index (χ0v) is 9.61. The number of nitriles is 1. The van der Waals surface area contributed by atoms with Crippen LogP contribution in [0.2, 0.25) is 0 Å². The molecule has 16 heavy (non-hydrogen) atoms. The first-order chi connectivity index (χ1) is 7.78. The normalized spacial score (nSPS) is 16.6. The maximum atomic E-state index is 8.83. The van der Waals surface area contributed by atoms with E-state index in [-0.39, 0.29) is 0 Å². The van der Waals surface area contributed by atoms with Crippen molar-refractivity contribution in [2.24, 2.45) is 0 Å². The summed E-state index contributed by atoms with van der Waals surface area (Å²) < 4.78 is 0. The van der Waals surface area contributed by atoms with Gasteiger partial charge < -0.3 is 0 Å². The van der Waals surface area contributed by atoms with Crippen molar-refractivity contribution in [2.45, 2.75) is 19.9 Å². The lowest BCUT2D eigenvalue weighted by molar-refractivity contribution is 0.286. The fourth-order valence-electron chi connectivity index (χ4n) is 1.95. The summed E-state index contributed by atoms with van der Waals surface area (Å²) in [5.74, 6) is 0. The number of rotatable bonds is 2. The van der Waals surface area contributed by atoms with Crippen molar-refractivity contribution in [2.75, 3.05) is 13.1 Å². The van der Waals surface area contributed by atoms with Crippen LogP contribution in [0.3, 0.4) is 0 Å². The summed E-state index contributed by atoms with van der Waals surface area (Å²) in [6.45, 7) is 5.29. The molecule has 0 fully saturated rings. The van der Waals surface area contributed by atoms with Crippen molar-refractivity contribution < 1.29 is 0 Å². The molecule has 0 aromatic heterocycles. The van der Waals surface area contributed by atoms with Crippen LogP contribution in [0.5, 0.6) is 0 Å². The lowest BCUT2D eigenvalue weighted by Crippen LogP contribution is -2.27. The van der Waals surface area contributed by atoms with Crippen LogP contribution in [0, 0.1) is 11.3 Å². The van der Waals surface area contributed by atoms with E-state index < -0.39 is 0 Å². The first-order valence-electron chi connectivity index (χ1n) is 5.65. The lowest BCUT2D eigenvalue weighted by atomic mass is 10.1. The Hall–Kier alpha value is -1.59. The molecule has 2 heteroatoms. The largest absolute Gasteiger partial charge is 0.295 e. The third-order valence-electron chi connectivity index (χ3n) is 2.98. The van der Waals surface area contributed by atoms with E-state index in [0.29, 0.717) is 0 Å². The lowest BCUT2D eigenvalue weighted by Gasteiger charge is -2.25. The van der Waals surface area contributed by atoms with Crippen LogP contribution in [0.4, 0.5) is 0 Å². The van der Waals surface area contributed by atoms with Crippen LogP contribution in [-0.2, 0) is 6.54 Å². The van der Waals surface area contributed by atoms with Gasteiger partial charge in [-0.2, -0.15) is 5.26 Å². The Morgan fingerprint density at radius 3 is 3.00 bits per heavy atom. The fourth-order valence-corrected chi connectivity index (χ4v) is 1.95. The Bertz CT molecular complexity index is 440. The molecule has 0 N–H and O–H groups in total. The second kappa shape index (κ2) is 4.96. The first kappa shape index (κ1) is 10.9. The topological polar surface area (TPSA) is 27.0 Å². The van der Waals surface area contributed by atoms with Gasteiger partial charge in [-0.1, -0.05) is 23.8 Å². The van der Waals surface area contributed by atoms with Crippen LogP contribution in [-0.4, -0.2) is 18.0 Å². The molecule has 0 radical (unpaired) electrons. The van der Waals surface area contributed by atoms with Gasteiger partial charge >= 0.3 is 0 Å². The molecule has 0 spiro atoms. The highest BCUT2D eigenvalue weighted by Gasteiger charge is 2.09. The van der Waals surface area contributed by atoms with E-state index in [9.17, 15) is 0 Å². The first-order valence-corrected chi connectivity index (χ1v) is 5.65. The molecule has 82 valence electrons. The standard InChI is InChI=1S/C14H16N2/c1-12-5-7-16(8-6-12)11-14-4-2-3-13(9-14)10-15/h2-5,9H,6-8,11H2,1H3. The van der Waals surface area contributed by atoms with Crippen molar-refractivity contribution in [3.8, 4) is 6.07 Å². The molecule has 0 saturated heterocycles. The molecule has 0 amide bonds. The molecule has 1 aromatic rings. The molecule has 0 bridgehead atoms. The molecule has 0 atom stereocenters. The minimum atomic E-state index is 0.751. The van der Waals surface area contributed by atoms with Gasteiger partial charge in [-0.05, 0) is 31.0 Å². The van der Waals surface area contributed by atoms with Crippen molar-refractivity contribution in [3.63, 3.8) is 0 Å². The number of nitrogens with zero attached hydrogens (tertiary/aromatic N) is 2. The quantitative estimate of drug-likeness (QED) is 0.705. The highest BCUT2D eigenvalue weighted by atomic mass is 15.1. The minimum absolute atomic E-state index is 0.751. The summed E-state index contributed by atoms with van der Waals surface area (Å²) in [6.07, 6.45) is 3.45. The van der Waals surface area contributed by atoms with Crippen LogP contribution in [0.1, 0.15) is 24.5 Å². The van der Waals surface area contributed by atoms with E-state index in [4.69, 9.17) is 5.26 Å². The predicted molar refractivity (Wildman–Crippen MR) is 64.8 cm³/mol. The summed E-state index contributed by atoms with van der Waals surface area (Å²) >= 11 is 0. The van der Waals surface area contributed by atoms with Gasteiger partial charge in [0.1, 0.15) is 0 Å². The third kappa shape index (κ3) is 2.71. The molecule has 1 aliphatic rings. The Morgan fingerprint density at radius 1 is 1.44 bits per heavy atom. The van der Waals surface area contributed by atoms with Gasteiger partial charge in [0.2, 0.25) is 0 Å². The number of hydrogen-bond acceptors (Lipinski definition) is 2. The van der Waals surface area contributed by atoms with E-state index in [2.05, 4.69) is 30.0 Å². The Kier molecular flexibility index (Phi) is 3.38. The van der Waals surface area contributed by atoms with Gasteiger partial charge in [-0.25, -0.2) is 0 Å². The molecule has 0 unspecified atom stereocenters. The molecule has 2 rings (SSSR count). The fraction of sp³-hybridized carbons (Fsp3) is 0.357. The highest BCUT2D eigenvalue weighted by Crippen LogP contribution is 2.13. The van der Waals surface area contributed by atoms with E-state index in [1.807, 2.05) is 18.2 Å². The van der Waals surface area contributed by atoms with Crippen LogP contribution in [0.25, 0.3) is 0 Å². The molecule has 0 saturated carbocycles. The van der Waals surface area contributed by atoms with Crippen LogP contribution >= 0.6 is 0 Å². The highest BCUT2D eigenvalue weighted by molar-refractivity contribution is 5.32. The molecular weight excluding hydrogens is 196 g/mol. The number of hydrogen-bond donors (Lipinski definition) is 0. The molecular formula is C14H16N2. The van der Waals surface area contributed by atoms with Crippen molar-refractivity contribution in [1.82, 2.24) is 4.90 Å². The van der Waals surface area contributed by atoms with Crippen LogP contribution < -0.4 is 0 Å². The summed E-state index contributed by atoms with van der Waals surface area (Å²) in [5, 5.41) is 8.83. The number of benzene rings is 1. The zero-order valence-electron chi connectivity index (χ0n) is 9.61. The molecule has 1 aromatic carbocycles. The van der Waals surface area contributed by atoms with Gasteiger partial charge in [0.05, 0.1) is 11.6 Å². The summed E-state index contributed by atoms with van der Waals surface area (Å²) in [7, 11) is 0. The van der Waals surface area contributed by atoms with Gasteiger partial charge in [0.15, 0.2) is 0 Å². The van der Waals surface area contributed by atoms with Gasteiger partial charge in [0.25, 0.3) is 0 Å². The van der Waals surface area contributed by atoms with E-state index in [1.54, 1.807) is 0 Å². The Morgan fingerprint density at radius 2 is 2.31 bits per heavy atom. The zero-order chi connectivity index (χ0) is 11.4. The van der Waals surface area contributed by atoms with Crippen molar-refractivity contribution in [3.05, 3.63) is 47.0 Å². The minimum Gasteiger partial charge on any atom is -0.295 e. The van der Waals surface area contributed by atoms with E-state index in [0.717, 1.165) is 31.6 Å². The SMILES string of the molecule is CC1=CCN(Cc2cccc(C#N)c2)CC1. The Balaban J connectivity index is 2.02. The monoisotopic (exact) mass is 212 g/mol. The van der Waals surface area contributed by atoms with Gasteiger partial charge in [-0.15, -0.1) is 0 Å². The summed E-state index contributed by atoms with van der Waals surface area (Å²) in [6, 6.07) is 10.1. The second-order valence-electron chi connectivity index (χ2n) is 4.35. The van der Waals surface area contributed by atoms with Crippen molar-refractivity contribution >= 4 is 0 Å². The maximum absolute atomic E-state index is 8.83. The average molecular weight is 212 g/mol. The smallest absolute Gasteiger partial charge is 0.0991 e. The summed E-state index contributed by atoms with van der Waals surface area (Å²) in [5.41, 5.74) is 3.47.